The van der Waals surface area contributed by atoms with Gasteiger partial charge in [0.2, 0.25) is 0 Å². The molecule has 2 N–H and O–H groups in total. The van der Waals surface area contributed by atoms with Gasteiger partial charge in [-0.1, -0.05) is 0 Å². The molecule has 0 unspecified atom stereocenters. The van der Waals surface area contributed by atoms with Crippen LogP contribution in [0.4, 0.5) is 5.69 Å². The second-order valence-corrected chi connectivity index (χ2v) is 4.72. The zero-order chi connectivity index (χ0) is 13.1. The van der Waals surface area contributed by atoms with E-state index in [1.165, 1.54) is 12.8 Å². The van der Waals surface area contributed by atoms with Crippen molar-refractivity contribution in [1.29, 1.82) is 0 Å². The van der Waals surface area contributed by atoms with E-state index in [0.717, 1.165) is 18.3 Å². The number of aromatic amines is 1. The molecule has 1 fully saturated rings. The van der Waals surface area contributed by atoms with Gasteiger partial charge in [0.15, 0.2) is 0 Å². The van der Waals surface area contributed by atoms with E-state index in [1.54, 1.807) is 24.5 Å². The van der Waals surface area contributed by atoms with Gasteiger partial charge < -0.3 is 10.1 Å². The van der Waals surface area contributed by atoms with Crippen LogP contribution in [0.25, 0.3) is 0 Å². The normalized spacial score (nSPS) is 14.1. The Hall–Kier alpha value is -2.30. The maximum atomic E-state index is 11.9. The molecule has 0 aliphatic heterocycles. The van der Waals surface area contributed by atoms with E-state index in [4.69, 9.17) is 4.74 Å². The van der Waals surface area contributed by atoms with E-state index >= 15 is 0 Å². The summed E-state index contributed by atoms with van der Waals surface area (Å²) in [7, 11) is 0. The van der Waals surface area contributed by atoms with Crippen molar-refractivity contribution in [1.82, 2.24) is 10.2 Å². The molecule has 1 saturated carbocycles. The number of benzene rings is 1. The molecule has 3 rings (SSSR count). The first-order valence-electron chi connectivity index (χ1n) is 6.34. The topological polar surface area (TPSA) is 67.0 Å². The van der Waals surface area contributed by atoms with Crippen molar-refractivity contribution in [2.24, 2.45) is 5.92 Å². The van der Waals surface area contributed by atoms with Crippen LogP contribution in [0.2, 0.25) is 0 Å². The van der Waals surface area contributed by atoms with Crippen LogP contribution >= 0.6 is 0 Å². The quantitative estimate of drug-likeness (QED) is 0.864. The van der Waals surface area contributed by atoms with Gasteiger partial charge in [-0.25, -0.2) is 0 Å². The van der Waals surface area contributed by atoms with E-state index < -0.39 is 0 Å². The summed E-state index contributed by atoms with van der Waals surface area (Å²) in [4.78, 5) is 11.9. The number of carbonyl (C=O) groups is 1. The lowest BCUT2D eigenvalue weighted by molar-refractivity contribution is 0.102. The van der Waals surface area contributed by atoms with Gasteiger partial charge in [0.05, 0.1) is 18.5 Å². The fourth-order valence-electron chi connectivity index (χ4n) is 1.72. The van der Waals surface area contributed by atoms with Crippen LogP contribution in [0.1, 0.15) is 23.2 Å². The van der Waals surface area contributed by atoms with Crippen molar-refractivity contribution in [2.75, 3.05) is 11.9 Å². The highest BCUT2D eigenvalue weighted by Crippen LogP contribution is 2.29. The third-order valence-corrected chi connectivity index (χ3v) is 3.06. The standard InChI is InChI=1S/C14H15N3O2/c18-14(17-12-7-15-16-8-12)11-3-5-13(6-4-11)19-9-10-1-2-10/h3-8,10H,1-2,9H2,(H,15,16)(H,17,18). The van der Waals surface area contributed by atoms with Crippen molar-refractivity contribution in [3.63, 3.8) is 0 Å². The zero-order valence-electron chi connectivity index (χ0n) is 10.4. The number of rotatable bonds is 5. The molecule has 1 aromatic carbocycles. The Bertz CT molecular complexity index is 545. The molecule has 1 aliphatic carbocycles. The molecule has 5 heteroatoms. The first-order chi connectivity index (χ1) is 9.31. The van der Waals surface area contributed by atoms with Crippen molar-refractivity contribution < 1.29 is 9.53 Å². The Morgan fingerprint density at radius 3 is 2.79 bits per heavy atom. The van der Waals surface area contributed by atoms with Crippen LogP contribution in [0.5, 0.6) is 5.75 Å². The average molecular weight is 257 g/mol. The number of amides is 1. The van der Waals surface area contributed by atoms with E-state index in [2.05, 4.69) is 15.5 Å². The van der Waals surface area contributed by atoms with Crippen molar-refractivity contribution in [2.45, 2.75) is 12.8 Å². The van der Waals surface area contributed by atoms with E-state index in [0.29, 0.717) is 11.3 Å². The number of nitrogens with one attached hydrogen (secondary N) is 2. The van der Waals surface area contributed by atoms with Gasteiger partial charge in [0.1, 0.15) is 5.75 Å². The Labute approximate surface area is 111 Å². The summed E-state index contributed by atoms with van der Waals surface area (Å²) in [5.41, 5.74) is 1.25. The maximum absolute atomic E-state index is 11.9. The Balaban J connectivity index is 1.59. The van der Waals surface area contributed by atoms with Crippen molar-refractivity contribution in [3.05, 3.63) is 42.2 Å². The summed E-state index contributed by atoms with van der Waals surface area (Å²) in [5.74, 6) is 1.38. The number of hydrogen-bond acceptors (Lipinski definition) is 3. The molecule has 0 radical (unpaired) electrons. The zero-order valence-corrected chi connectivity index (χ0v) is 10.4. The second-order valence-electron chi connectivity index (χ2n) is 4.72. The molecule has 1 aliphatic rings. The third-order valence-electron chi connectivity index (χ3n) is 3.06. The molecule has 98 valence electrons. The summed E-state index contributed by atoms with van der Waals surface area (Å²) >= 11 is 0. The fraction of sp³-hybridized carbons (Fsp3) is 0.286. The average Bonchev–Trinajstić information content (AvgIpc) is 3.13. The molecule has 0 saturated heterocycles. The molecule has 0 bridgehead atoms. The fourth-order valence-corrected chi connectivity index (χ4v) is 1.72. The lowest BCUT2D eigenvalue weighted by Gasteiger charge is -2.06. The Kier molecular flexibility index (Phi) is 3.18. The highest BCUT2D eigenvalue weighted by Gasteiger charge is 2.21. The molecule has 1 heterocycles. The molecule has 19 heavy (non-hydrogen) atoms. The summed E-state index contributed by atoms with van der Waals surface area (Å²) in [6.07, 6.45) is 5.73. The number of nitrogens with zero attached hydrogens (tertiary/aromatic N) is 1. The Morgan fingerprint density at radius 2 is 2.16 bits per heavy atom. The van der Waals surface area contributed by atoms with E-state index in [-0.39, 0.29) is 5.91 Å². The largest absolute Gasteiger partial charge is 0.493 e. The van der Waals surface area contributed by atoms with Crippen LogP contribution < -0.4 is 10.1 Å². The van der Waals surface area contributed by atoms with Crippen LogP contribution in [0, 0.1) is 5.92 Å². The maximum Gasteiger partial charge on any atom is 0.255 e. The van der Waals surface area contributed by atoms with Gasteiger partial charge >= 0.3 is 0 Å². The third kappa shape index (κ3) is 3.13. The molecule has 0 atom stereocenters. The van der Waals surface area contributed by atoms with Gasteiger partial charge in [0.25, 0.3) is 5.91 Å². The van der Waals surface area contributed by atoms with Gasteiger partial charge in [-0.05, 0) is 43.0 Å². The van der Waals surface area contributed by atoms with Gasteiger partial charge in [-0.3, -0.25) is 9.89 Å². The molecule has 2 aromatic rings. The van der Waals surface area contributed by atoms with Gasteiger partial charge in [0, 0.05) is 11.8 Å². The number of H-pyrrole nitrogens is 1. The minimum atomic E-state index is -0.157. The number of carbonyl (C=O) groups excluding carboxylic acids is 1. The highest BCUT2D eigenvalue weighted by molar-refractivity contribution is 6.04. The number of anilines is 1. The highest BCUT2D eigenvalue weighted by atomic mass is 16.5. The van der Waals surface area contributed by atoms with Crippen LogP contribution in [-0.2, 0) is 0 Å². The van der Waals surface area contributed by atoms with Crippen LogP contribution in [0.15, 0.2) is 36.7 Å². The number of ether oxygens (including phenoxy) is 1. The number of hydrogen-bond donors (Lipinski definition) is 2. The molecule has 0 spiro atoms. The Morgan fingerprint density at radius 1 is 1.37 bits per heavy atom. The summed E-state index contributed by atoms with van der Waals surface area (Å²) in [5, 5.41) is 9.16. The summed E-state index contributed by atoms with van der Waals surface area (Å²) < 4.78 is 5.62. The molecular weight excluding hydrogens is 242 g/mol. The molecule has 5 nitrogen and oxygen atoms in total. The predicted molar refractivity (Wildman–Crippen MR) is 71.2 cm³/mol. The molecular formula is C14H15N3O2. The van der Waals surface area contributed by atoms with E-state index in [1.807, 2.05) is 12.1 Å². The number of aromatic nitrogens is 2. The van der Waals surface area contributed by atoms with Gasteiger partial charge in [-0.2, -0.15) is 5.10 Å². The van der Waals surface area contributed by atoms with Crippen molar-refractivity contribution >= 4 is 11.6 Å². The van der Waals surface area contributed by atoms with Crippen LogP contribution in [-0.4, -0.2) is 22.7 Å². The lowest BCUT2D eigenvalue weighted by atomic mass is 10.2. The summed E-state index contributed by atoms with van der Waals surface area (Å²) in [6.45, 7) is 0.778. The minimum Gasteiger partial charge on any atom is -0.493 e. The predicted octanol–water partition coefficient (Wildman–Crippen LogP) is 2.45. The first kappa shape index (κ1) is 11.8. The summed E-state index contributed by atoms with van der Waals surface area (Å²) in [6, 6.07) is 7.18. The first-order valence-corrected chi connectivity index (χ1v) is 6.34. The monoisotopic (exact) mass is 257 g/mol. The SMILES string of the molecule is O=C(Nc1cn[nH]c1)c1ccc(OCC2CC2)cc1. The molecule has 1 aromatic heterocycles. The molecule has 1 amide bonds. The lowest BCUT2D eigenvalue weighted by Crippen LogP contribution is -2.11. The van der Waals surface area contributed by atoms with Gasteiger partial charge in [-0.15, -0.1) is 0 Å². The smallest absolute Gasteiger partial charge is 0.255 e. The van der Waals surface area contributed by atoms with E-state index in [9.17, 15) is 4.79 Å². The minimum absolute atomic E-state index is 0.157. The van der Waals surface area contributed by atoms with Crippen LogP contribution in [0.3, 0.4) is 0 Å². The second kappa shape index (κ2) is 5.14. The van der Waals surface area contributed by atoms with Crippen molar-refractivity contribution in [3.8, 4) is 5.75 Å².